The van der Waals surface area contributed by atoms with E-state index in [4.69, 9.17) is 28.3 Å². The van der Waals surface area contributed by atoms with Gasteiger partial charge < -0.3 is 10.6 Å². The van der Waals surface area contributed by atoms with E-state index in [1.54, 1.807) is 18.2 Å². The Bertz CT molecular complexity index is 1160. The first-order valence-corrected chi connectivity index (χ1v) is 11.5. The van der Waals surface area contributed by atoms with Gasteiger partial charge in [0.25, 0.3) is 0 Å². The number of nitrogens with one attached hydrogen (secondary N) is 2. The van der Waals surface area contributed by atoms with Gasteiger partial charge in [-0.15, -0.1) is 0 Å². The second-order valence-corrected chi connectivity index (χ2v) is 8.77. The molecule has 1 saturated heterocycles. The summed E-state index contributed by atoms with van der Waals surface area (Å²) in [5.41, 5.74) is 3.89. The zero-order valence-electron chi connectivity index (χ0n) is 18.4. The maximum absolute atomic E-state index is 13.0. The first-order chi connectivity index (χ1) is 15.9. The van der Waals surface area contributed by atoms with E-state index in [1.165, 1.54) is 0 Å². The van der Waals surface area contributed by atoms with E-state index >= 15 is 0 Å². The number of hydrogen-bond donors (Lipinski definition) is 2. The van der Waals surface area contributed by atoms with Gasteiger partial charge >= 0.3 is 0 Å². The SMILES string of the molecule is Cc1nn(-c2ccccc2)c(C)c1C1C(=O)NCCN1CCC(=O)Nc1c(Cl)cccc1Cl. The summed E-state index contributed by atoms with van der Waals surface area (Å²) in [6, 6.07) is 14.4. The van der Waals surface area contributed by atoms with Crippen LogP contribution in [0.3, 0.4) is 0 Å². The Morgan fingerprint density at radius 1 is 1.12 bits per heavy atom. The van der Waals surface area contributed by atoms with Crippen LogP contribution in [0.4, 0.5) is 5.69 Å². The molecule has 0 spiro atoms. The van der Waals surface area contributed by atoms with Gasteiger partial charge in [0.1, 0.15) is 6.04 Å². The molecule has 0 radical (unpaired) electrons. The molecular weight excluding hydrogens is 461 g/mol. The molecule has 3 aromatic rings. The van der Waals surface area contributed by atoms with E-state index in [2.05, 4.69) is 10.6 Å². The van der Waals surface area contributed by atoms with Crippen molar-refractivity contribution in [1.82, 2.24) is 20.0 Å². The van der Waals surface area contributed by atoms with Gasteiger partial charge in [-0.1, -0.05) is 47.5 Å². The highest BCUT2D eigenvalue weighted by Crippen LogP contribution is 2.32. The fraction of sp³-hybridized carbons (Fsp3) is 0.292. The number of anilines is 1. The van der Waals surface area contributed by atoms with E-state index in [0.717, 1.165) is 22.6 Å². The van der Waals surface area contributed by atoms with Gasteiger partial charge in [-0.05, 0) is 38.1 Å². The minimum atomic E-state index is -0.520. The van der Waals surface area contributed by atoms with E-state index < -0.39 is 6.04 Å². The highest BCUT2D eigenvalue weighted by molar-refractivity contribution is 6.39. The van der Waals surface area contributed by atoms with E-state index in [9.17, 15) is 9.59 Å². The maximum atomic E-state index is 13.0. The molecule has 1 aliphatic rings. The largest absolute Gasteiger partial charge is 0.353 e. The summed E-state index contributed by atoms with van der Waals surface area (Å²) >= 11 is 12.3. The molecule has 7 nitrogen and oxygen atoms in total. The fourth-order valence-corrected chi connectivity index (χ4v) is 4.70. The first kappa shape index (κ1) is 23.3. The smallest absolute Gasteiger partial charge is 0.242 e. The number of carbonyl (C=O) groups excluding carboxylic acids is 2. The Morgan fingerprint density at radius 2 is 1.82 bits per heavy atom. The lowest BCUT2D eigenvalue weighted by molar-refractivity contribution is -0.130. The highest BCUT2D eigenvalue weighted by Gasteiger charge is 2.35. The Morgan fingerprint density at radius 3 is 2.52 bits per heavy atom. The standard InChI is InChI=1S/C24H25Cl2N5O2/c1-15-21(16(2)31(29-15)17-7-4-3-5-8-17)23-24(33)27-12-14-30(23)13-11-20(32)28-22-18(25)9-6-10-19(22)26/h3-10,23H,11-14H2,1-2H3,(H,27,33)(H,28,32). The second kappa shape index (κ2) is 9.95. The average molecular weight is 486 g/mol. The third-order valence-corrected chi connectivity index (χ3v) is 6.42. The van der Waals surface area contributed by atoms with Gasteiger partial charge in [0.15, 0.2) is 0 Å². The van der Waals surface area contributed by atoms with E-state index in [1.807, 2.05) is 53.8 Å². The van der Waals surface area contributed by atoms with Crippen LogP contribution in [-0.4, -0.2) is 46.1 Å². The third kappa shape index (κ3) is 4.90. The Labute approximate surface area is 202 Å². The molecule has 1 aromatic heterocycles. The van der Waals surface area contributed by atoms with Crippen molar-refractivity contribution in [2.45, 2.75) is 26.3 Å². The molecule has 172 valence electrons. The van der Waals surface area contributed by atoms with E-state index in [0.29, 0.717) is 35.4 Å². The predicted octanol–water partition coefficient (Wildman–Crippen LogP) is 4.30. The van der Waals surface area contributed by atoms with Crippen molar-refractivity contribution in [3.8, 4) is 5.69 Å². The molecule has 4 rings (SSSR count). The topological polar surface area (TPSA) is 79.3 Å². The summed E-state index contributed by atoms with van der Waals surface area (Å²) in [7, 11) is 0. The van der Waals surface area contributed by atoms with Crippen LogP contribution in [0.1, 0.15) is 29.4 Å². The van der Waals surface area contributed by atoms with Crippen molar-refractivity contribution in [2.24, 2.45) is 0 Å². The molecule has 1 fully saturated rings. The number of aryl methyl sites for hydroxylation is 1. The number of carbonyl (C=O) groups is 2. The molecule has 1 aliphatic heterocycles. The van der Waals surface area contributed by atoms with E-state index in [-0.39, 0.29) is 18.2 Å². The molecule has 2 heterocycles. The van der Waals surface area contributed by atoms with Crippen LogP contribution < -0.4 is 10.6 Å². The lowest BCUT2D eigenvalue weighted by Crippen LogP contribution is -2.50. The molecule has 2 amide bonds. The molecule has 2 N–H and O–H groups in total. The van der Waals surface area contributed by atoms with Crippen molar-refractivity contribution in [3.63, 3.8) is 0 Å². The van der Waals surface area contributed by atoms with Gasteiger partial charge in [-0.2, -0.15) is 5.10 Å². The highest BCUT2D eigenvalue weighted by atomic mass is 35.5. The molecule has 9 heteroatoms. The van der Waals surface area contributed by atoms with Gasteiger partial charge in [-0.3, -0.25) is 14.5 Å². The third-order valence-electron chi connectivity index (χ3n) is 5.79. The lowest BCUT2D eigenvalue weighted by atomic mass is 10.00. The van der Waals surface area contributed by atoms with Crippen molar-refractivity contribution < 1.29 is 9.59 Å². The Balaban J connectivity index is 1.54. The normalized spacial score (nSPS) is 16.5. The summed E-state index contributed by atoms with van der Waals surface area (Å²) in [5.74, 6) is -0.308. The van der Waals surface area contributed by atoms with Crippen LogP contribution in [0.2, 0.25) is 10.0 Å². The number of nitrogens with zero attached hydrogens (tertiary/aromatic N) is 3. The van der Waals surface area contributed by atoms with Crippen molar-refractivity contribution in [3.05, 3.63) is 75.5 Å². The number of aromatic nitrogens is 2. The molecular formula is C24H25Cl2N5O2. The summed E-state index contributed by atoms with van der Waals surface area (Å²) in [5, 5.41) is 11.2. The zero-order valence-corrected chi connectivity index (χ0v) is 20.0. The lowest BCUT2D eigenvalue weighted by Gasteiger charge is -2.35. The number of halogens is 2. The number of para-hydroxylation sites is 2. The maximum Gasteiger partial charge on any atom is 0.242 e. The number of piperazine rings is 1. The van der Waals surface area contributed by atoms with Gasteiger partial charge in [-0.25, -0.2) is 4.68 Å². The summed E-state index contributed by atoms with van der Waals surface area (Å²) < 4.78 is 1.86. The molecule has 33 heavy (non-hydrogen) atoms. The zero-order chi connectivity index (χ0) is 23.5. The van der Waals surface area contributed by atoms with Gasteiger partial charge in [0.2, 0.25) is 11.8 Å². The molecule has 2 aromatic carbocycles. The average Bonchev–Trinajstić information content (AvgIpc) is 3.09. The van der Waals surface area contributed by atoms with Crippen LogP contribution in [-0.2, 0) is 9.59 Å². The number of rotatable bonds is 6. The predicted molar refractivity (Wildman–Crippen MR) is 130 cm³/mol. The first-order valence-electron chi connectivity index (χ1n) is 10.7. The Hall–Kier alpha value is -2.87. The van der Waals surface area contributed by atoms with Crippen molar-refractivity contribution in [1.29, 1.82) is 0 Å². The fourth-order valence-electron chi connectivity index (χ4n) is 4.20. The number of hydrogen-bond acceptors (Lipinski definition) is 4. The molecule has 1 atom stereocenters. The summed E-state index contributed by atoms with van der Waals surface area (Å²) in [6.07, 6.45) is 0.191. The molecule has 1 unspecified atom stereocenters. The summed E-state index contributed by atoms with van der Waals surface area (Å²) in [4.78, 5) is 27.6. The van der Waals surface area contributed by atoms with Crippen LogP contribution in [0, 0.1) is 13.8 Å². The minimum absolute atomic E-state index is 0.0883. The van der Waals surface area contributed by atoms with Crippen LogP contribution in [0.25, 0.3) is 5.69 Å². The van der Waals surface area contributed by atoms with Gasteiger partial charge in [0.05, 0.1) is 27.1 Å². The molecule has 0 aliphatic carbocycles. The number of benzene rings is 2. The van der Waals surface area contributed by atoms with Crippen molar-refractivity contribution in [2.75, 3.05) is 25.0 Å². The second-order valence-electron chi connectivity index (χ2n) is 7.96. The molecule has 0 bridgehead atoms. The quantitative estimate of drug-likeness (QED) is 0.545. The van der Waals surface area contributed by atoms with Crippen molar-refractivity contribution >= 4 is 40.7 Å². The number of amides is 2. The summed E-state index contributed by atoms with van der Waals surface area (Å²) in [6.45, 7) is 5.44. The van der Waals surface area contributed by atoms with Crippen LogP contribution >= 0.6 is 23.2 Å². The monoisotopic (exact) mass is 485 g/mol. The Kier molecular flexibility index (Phi) is 7.02. The van der Waals surface area contributed by atoms with Crippen LogP contribution in [0.5, 0.6) is 0 Å². The minimum Gasteiger partial charge on any atom is -0.353 e. The van der Waals surface area contributed by atoms with Gasteiger partial charge in [0, 0.05) is 37.3 Å². The molecule has 0 saturated carbocycles. The van der Waals surface area contributed by atoms with Crippen LogP contribution in [0.15, 0.2) is 48.5 Å².